The van der Waals surface area contributed by atoms with Crippen LogP contribution in [0.1, 0.15) is 163 Å². The van der Waals surface area contributed by atoms with Crippen LogP contribution in [0, 0.1) is 0 Å². The lowest BCUT2D eigenvalue weighted by Crippen LogP contribution is -2.37. The average molecular weight is 782 g/mol. The third-order valence-corrected chi connectivity index (χ3v) is 9.17. The van der Waals surface area contributed by atoms with Crippen LogP contribution < -0.4 is 4.89 Å². The highest BCUT2D eigenvalue weighted by Crippen LogP contribution is 2.38. The first-order chi connectivity index (χ1) is 24.8. The van der Waals surface area contributed by atoms with Crippen LogP contribution in [0.3, 0.4) is 0 Å². The molecule has 0 N–H and O–H groups in total. The van der Waals surface area contributed by atoms with E-state index in [9.17, 15) is 28.6 Å². The number of rotatable bonds is 36. The Kier molecular flexibility index (Phi) is 34.5. The van der Waals surface area contributed by atoms with Crippen LogP contribution in [0.4, 0.5) is 0 Å². The molecule has 0 heterocycles. The van der Waals surface area contributed by atoms with Gasteiger partial charge in [-0.1, -0.05) is 98.3 Å². The first-order valence-electron chi connectivity index (χ1n) is 19.8. The monoisotopic (exact) mass is 782 g/mol. The van der Waals surface area contributed by atoms with Crippen LogP contribution in [0.2, 0.25) is 0 Å². The van der Waals surface area contributed by atoms with Crippen molar-refractivity contribution in [1.29, 1.82) is 0 Å². The first-order valence-corrected chi connectivity index (χ1v) is 21.3. The van der Waals surface area contributed by atoms with Gasteiger partial charge in [-0.2, -0.15) is 0 Å². The average Bonchev–Trinajstić information content (AvgIpc) is 3.07. The minimum Gasteiger partial charge on any atom is -0.756 e. The molecule has 0 bridgehead atoms. The second kappa shape index (κ2) is 34.4. The van der Waals surface area contributed by atoms with Crippen molar-refractivity contribution in [3.8, 4) is 0 Å². The summed E-state index contributed by atoms with van der Waals surface area (Å²) in [6.07, 6.45) is 16.1. The number of esters is 4. The Morgan fingerprint density at radius 1 is 0.528 bits per heavy atom. The first kappa shape index (κ1) is 53.1. The van der Waals surface area contributed by atoms with Gasteiger partial charge in [0.1, 0.15) is 19.8 Å². The number of phosphoric acid groups is 1. The maximum atomic E-state index is 12.6. The number of ether oxygens (including phenoxy) is 4. The smallest absolute Gasteiger partial charge is 0.306 e. The summed E-state index contributed by atoms with van der Waals surface area (Å²) < 4.78 is 44.0. The van der Waals surface area contributed by atoms with Crippen molar-refractivity contribution in [3.63, 3.8) is 0 Å². The lowest BCUT2D eigenvalue weighted by Gasteiger charge is -2.28. The Labute approximate surface area is 321 Å². The Morgan fingerprint density at radius 2 is 0.925 bits per heavy atom. The molecule has 0 amide bonds. The summed E-state index contributed by atoms with van der Waals surface area (Å²) in [4.78, 5) is 61.1. The van der Waals surface area contributed by atoms with Crippen LogP contribution in [0.15, 0.2) is 0 Å². The van der Waals surface area contributed by atoms with Crippen LogP contribution in [0.5, 0.6) is 0 Å². The van der Waals surface area contributed by atoms with E-state index in [2.05, 4.69) is 13.8 Å². The summed E-state index contributed by atoms with van der Waals surface area (Å²) in [5.74, 6) is -1.48. The molecule has 0 spiro atoms. The zero-order valence-corrected chi connectivity index (χ0v) is 34.1. The van der Waals surface area contributed by atoms with E-state index >= 15 is 0 Å². The topological polar surface area (TPSA) is 164 Å². The molecule has 0 rings (SSSR count). The summed E-state index contributed by atoms with van der Waals surface area (Å²) in [5, 5.41) is 0. The molecule has 14 heteroatoms. The van der Waals surface area contributed by atoms with E-state index in [-0.39, 0.29) is 45.4 Å². The molecule has 0 aromatic heterocycles. The van der Waals surface area contributed by atoms with Crippen molar-refractivity contribution in [2.45, 2.75) is 169 Å². The number of hydrogen-bond donors (Lipinski definition) is 0. The predicted octanol–water partition coefficient (Wildman–Crippen LogP) is 7.99. The Bertz CT molecular complexity index is 988. The third kappa shape index (κ3) is 38.0. The zero-order chi connectivity index (χ0) is 38.9. The Hall–Kier alpha value is -2.05. The summed E-state index contributed by atoms with van der Waals surface area (Å²) >= 11 is 0. The van der Waals surface area contributed by atoms with Crippen molar-refractivity contribution in [3.05, 3.63) is 0 Å². The number of hydrogen-bond acceptors (Lipinski definition) is 12. The van der Waals surface area contributed by atoms with Gasteiger partial charge in [0, 0.05) is 25.7 Å². The van der Waals surface area contributed by atoms with E-state index in [0.717, 1.165) is 57.8 Å². The van der Waals surface area contributed by atoms with Gasteiger partial charge in [0.15, 0.2) is 6.10 Å². The van der Waals surface area contributed by atoms with E-state index < -0.39 is 32.5 Å². The molecular formula is C39H76NO12P. The van der Waals surface area contributed by atoms with Crippen molar-refractivity contribution in [2.75, 3.05) is 60.7 Å². The fourth-order valence-corrected chi connectivity index (χ4v) is 5.70. The number of carbonyl (C=O) groups excluding carboxylic acids is 4. The SMILES string of the molecule is C.CCCCCCCOC(=O)CCCCCCC(=O)OCC(COP(=O)([O-])OCC[N+](C)(C)C)OC(=O)CCCCCCC(=O)OCCCCCCC. The van der Waals surface area contributed by atoms with E-state index in [4.69, 9.17) is 28.0 Å². The van der Waals surface area contributed by atoms with E-state index in [1.165, 1.54) is 25.7 Å². The fraction of sp³-hybridized carbons (Fsp3) is 0.897. The van der Waals surface area contributed by atoms with E-state index in [0.29, 0.717) is 69.2 Å². The predicted molar refractivity (Wildman–Crippen MR) is 205 cm³/mol. The fourth-order valence-electron chi connectivity index (χ4n) is 4.97. The van der Waals surface area contributed by atoms with Crippen molar-refractivity contribution in [1.82, 2.24) is 0 Å². The van der Waals surface area contributed by atoms with Gasteiger partial charge >= 0.3 is 23.9 Å². The molecular weight excluding hydrogens is 705 g/mol. The van der Waals surface area contributed by atoms with Crippen molar-refractivity contribution >= 4 is 31.7 Å². The highest BCUT2D eigenvalue weighted by atomic mass is 31.2. The molecule has 53 heavy (non-hydrogen) atoms. The number of carbonyl (C=O) groups is 4. The summed E-state index contributed by atoms with van der Waals surface area (Å²) in [5.41, 5.74) is 0. The van der Waals surface area contributed by atoms with Crippen LogP contribution in [0.25, 0.3) is 0 Å². The lowest BCUT2D eigenvalue weighted by molar-refractivity contribution is -0.870. The number of unbranched alkanes of at least 4 members (excludes halogenated alkanes) is 14. The Morgan fingerprint density at radius 3 is 1.36 bits per heavy atom. The highest BCUT2D eigenvalue weighted by molar-refractivity contribution is 7.45. The van der Waals surface area contributed by atoms with Crippen LogP contribution in [-0.2, 0) is 51.7 Å². The van der Waals surface area contributed by atoms with Gasteiger partial charge < -0.3 is 37.4 Å². The van der Waals surface area contributed by atoms with Crippen LogP contribution in [-0.4, -0.2) is 95.2 Å². The Balaban J connectivity index is 0. The normalized spacial score (nSPS) is 13.0. The van der Waals surface area contributed by atoms with E-state index in [1.807, 2.05) is 21.1 Å². The summed E-state index contributed by atoms with van der Waals surface area (Å²) in [6.45, 7) is 4.65. The number of phosphoric ester groups is 1. The van der Waals surface area contributed by atoms with Crippen molar-refractivity contribution in [2.24, 2.45) is 0 Å². The molecule has 13 nitrogen and oxygen atoms in total. The van der Waals surface area contributed by atoms with Gasteiger partial charge in [-0.3, -0.25) is 23.7 Å². The van der Waals surface area contributed by atoms with Gasteiger partial charge in [-0.25, -0.2) is 0 Å². The second-order valence-corrected chi connectivity index (χ2v) is 15.9. The van der Waals surface area contributed by atoms with E-state index in [1.54, 1.807) is 0 Å². The standard InChI is InChI=1S/C38H72NO12P.CH4/c1-6-8-10-16-22-29-46-35(40)24-18-12-13-20-26-37(42)48-32-34(33-50-52(44,45)49-31-28-39(3,4)5)51-38(43)27-21-15-14-19-25-36(41)47-30-23-17-11-9-7-2;/h34H,6-33H2,1-5H3;1H4. The molecule has 0 aliphatic carbocycles. The number of nitrogens with zero attached hydrogens (tertiary/aromatic N) is 1. The quantitative estimate of drug-likeness (QED) is 0.0198. The third-order valence-electron chi connectivity index (χ3n) is 8.20. The molecule has 0 saturated carbocycles. The molecule has 0 fully saturated rings. The highest BCUT2D eigenvalue weighted by Gasteiger charge is 2.22. The van der Waals surface area contributed by atoms with Crippen LogP contribution >= 0.6 is 7.82 Å². The second-order valence-electron chi connectivity index (χ2n) is 14.5. The maximum Gasteiger partial charge on any atom is 0.306 e. The van der Waals surface area contributed by atoms with Gasteiger partial charge in [0.25, 0.3) is 7.82 Å². The lowest BCUT2D eigenvalue weighted by atomic mass is 10.1. The minimum absolute atomic E-state index is 0. The molecule has 0 saturated heterocycles. The molecule has 0 aliphatic rings. The summed E-state index contributed by atoms with van der Waals surface area (Å²) in [7, 11) is 0.985. The van der Waals surface area contributed by atoms with Gasteiger partial charge in [-0.05, 0) is 38.5 Å². The molecule has 0 aromatic carbocycles. The molecule has 0 radical (unpaired) electrons. The largest absolute Gasteiger partial charge is 0.756 e. The van der Waals surface area contributed by atoms with Gasteiger partial charge in [0.2, 0.25) is 0 Å². The molecule has 0 aromatic rings. The minimum atomic E-state index is -4.69. The molecule has 2 unspecified atom stereocenters. The number of likely N-dealkylation sites (N-methyl/N-ethyl adjacent to an activating group) is 1. The van der Waals surface area contributed by atoms with Crippen molar-refractivity contribution < 1.29 is 61.1 Å². The van der Waals surface area contributed by atoms with Gasteiger partial charge in [-0.15, -0.1) is 0 Å². The number of quaternary nitrogens is 1. The maximum absolute atomic E-state index is 12.6. The molecule has 2 atom stereocenters. The zero-order valence-electron chi connectivity index (χ0n) is 33.2. The van der Waals surface area contributed by atoms with Gasteiger partial charge in [0.05, 0.1) is 41.0 Å². The summed E-state index contributed by atoms with van der Waals surface area (Å²) in [6, 6.07) is 0. The molecule has 0 aliphatic heterocycles. The molecule has 314 valence electrons.